The lowest BCUT2D eigenvalue weighted by Crippen LogP contribution is -2.74. The van der Waals surface area contributed by atoms with Gasteiger partial charge in [-0.1, -0.05) is 17.4 Å². The summed E-state index contributed by atoms with van der Waals surface area (Å²) in [6, 6.07) is 0. The van der Waals surface area contributed by atoms with Crippen molar-refractivity contribution in [1.29, 1.82) is 0 Å². The predicted octanol–water partition coefficient (Wildman–Crippen LogP) is 3.79. The molecule has 6 nitrogen and oxygen atoms in total. The molecule has 1 aromatic rings. The molecule has 196 valence electrons. The van der Waals surface area contributed by atoms with E-state index in [1.807, 2.05) is 5.21 Å². The third-order valence-corrected chi connectivity index (χ3v) is 3.85. The van der Waals surface area contributed by atoms with Gasteiger partial charge in [0, 0.05) is 13.0 Å². The number of aromatic amines is 1. The maximum absolute atomic E-state index is 13.6. The third kappa shape index (κ3) is 4.46. The molecule has 1 heterocycles. The van der Waals surface area contributed by atoms with E-state index in [-0.39, 0.29) is 12.2 Å². The van der Waals surface area contributed by atoms with E-state index in [2.05, 4.69) is 15.4 Å². The number of allylic oxidation sites excluding steroid dienone is 1. The monoisotopic (exact) mass is 535 g/mol. The number of carbonyl (C=O) groups excluding carboxylic acids is 1. The van der Waals surface area contributed by atoms with Crippen LogP contribution in [0.15, 0.2) is 12.2 Å². The average Bonchev–Trinajstić information content (AvgIpc) is 3.19. The number of tetrazole rings is 1. The second kappa shape index (κ2) is 8.78. The number of nitrogens with zero attached hydrogens (tertiary/aromatic N) is 3. The van der Waals surface area contributed by atoms with Crippen molar-refractivity contribution >= 4 is 5.91 Å². The van der Waals surface area contributed by atoms with Crippen LogP contribution in [0.1, 0.15) is 5.82 Å². The topological polar surface area (TPSA) is 83.6 Å². The smallest absolute Gasteiger partial charge is 0.347 e. The van der Waals surface area contributed by atoms with Gasteiger partial charge in [-0.05, 0) is 0 Å². The van der Waals surface area contributed by atoms with Gasteiger partial charge in [-0.15, -0.1) is 10.2 Å². The fourth-order valence-electron chi connectivity index (χ4n) is 1.91. The first kappa shape index (κ1) is 29.3. The number of halogens is 15. The Labute approximate surface area is 176 Å². The van der Waals surface area contributed by atoms with E-state index in [9.17, 15) is 70.7 Å². The van der Waals surface area contributed by atoms with Crippen molar-refractivity contribution in [2.45, 2.75) is 48.1 Å². The van der Waals surface area contributed by atoms with E-state index in [0.717, 1.165) is 11.4 Å². The van der Waals surface area contributed by atoms with Gasteiger partial charge in [-0.3, -0.25) is 4.79 Å². The molecule has 1 rings (SSSR count). The molecule has 0 aromatic carbocycles. The number of carbonyl (C=O) groups is 1. The van der Waals surface area contributed by atoms with Crippen LogP contribution >= 0.6 is 0 Å². The molecule has 0 aliphatic carbocycles. The Morgan fingerprint density at radius 3 is 1.65 bits per heavy atom. The predicted molar refractivity (Wildman–Crippen MR) is 75.8 cm³/mol. The van der Waals surface area contributed by atoms with Gasteiger partial charge in [0.25, 0.3) is 5.91 Å². The minimum Gasteiger partial charge on any atom is -0.347 e. The maximum atomic E-state index is 13.6. The number of rotatable bonds is 10. The van der Waals surface area contributed by atoms with Crippen molar-refractivity contribution in [2.24, 2.45) is 0 Å². The molecule has 0 radical (unpaired) electrons. The molecule has 0 saturated heterocycles. The first-order chi connectivity index (χ1) is 15.0. The quantitative estimate of drug-likeness (QED) is 0.353. The summed E-state index contributed by atoms with van der Waals surface area (Å²) >= 11 is 0. The summed E-state index contributed by atoms with van der Waals surface area (Å²) in [5.41, 5.74) is 0. The molecule has 0 unspecified atom stereocenters. The number of H-pyrrole nitrogens is 1. The van der Waals surface area contributed by atoms with Crippen LogP contribution in [0.25, 0.3) is 0 Å². The molecule has 0 fully saturated rings. The van der Waals surface area contributed by atoms with Crippen LogP contribution < -0.4 is 5.32 Å². The highest BCUT2D eigenvalue weighted by Crippen LogP contribution is 2.62. The summed E-state index contributed by atoms with van der Waals surface area (Å²) in [5.74, 6) is -51.6. The van der Waals surface area contributed by atoms with E-state index in [4.69, 9.17) is 0 Å². The summed E-state index contributed by atoms with van der Waals surface area (Å²) in [6.45, 7) is -1.19. The lowest BCUT2D eigenvalue weighted by atomic mass is 9.91. The van der Waals surface area contributed by atoms with Crippen LogP contribution in [0, 0.1) is 0 Å². The van der Waals surface area contributed by atoms with E-state index in [1.54, 1.807) is 0 Å². The zero-order valence-corrected chi connectivity index (χ0v) is 15.5. The second-order valence-corrected chi connectivity index (χ2v) is 6.16. The molecule has 0 saturated carbocycles. The average molecular weight is 535 g/mol. The largest absolute Gasteiger partial charge is 0.460 e. The van der Waals surface area contributed by atoms with Crippen molar-refractivity contribution in [1.82, 2.24) is 25.9 Å². The van der Waals surface area contributed by atoms with Crippen molar-refractivity contribution < 1.29 is 70.7 Å². The molecule has 0 aliphatic rings. The summed E-state index contributed by atoms with van der Waals surface area (Å²) in [7, 11) is 0. The Balaban J connectivity index is 3.17. The highest BCUT2D eigenvalue weighted by molar-refractivity contribution is 5.85. The van der Waals surface area contributed by atoms with Crippen LogP contribution in [0.3, 0.4) is 0 Å². The fourth-order valence-corrected chi connectivity index (χ4v) is 1.91. The first-order valence-corrected chi connectivity index (χ1v) is 7.99. The zero-order valence-electron chi connectivity index (χ0n) is 15.5. The molecular weight excluding hydrogens is 527 g/mol. The van der Waals surface area contributed by atoms with E-state index in [1.165, 1.54) is 0 Å². The van der Waals surface area contributed by atoms with Gasteiger partial charge in [0.05, 0.1) is 0 Å². The van der Waals surface area contributed by atoms with Crippen molar-refractivity contribution in [3.05, 3.63) is 18.0 Å². The number of amides is 1. The van der Waals surface area contributed by atoms with Gasteiger partial charge in [0.1, 0.15) is 0 Å². The number of alkyl halides is 15. The normalized spacial score (nSPS) is 15.1. The molecule has 0 spiro atoms. The summed E-state index contributed by atoms with van der Waals surface area (Å²) in [6.07, 6.45) is -6.26. The van der Waals surface area contributed by atoms with Crippen LogP contribution in [-0.4, -0.2) is 74.8 Å². The third-order valence-electron chi connectivity index (χ3n) is 3.85. The van der Waals surface area contributed by atoms with Gasteiger partial charge in [0.2, 0.25) is 0 Å². The Morgan fingerprint density at radius 2 is 1.21 bits per heavy atom. The molecule has 0 aliphatic heterocycles. The summed E-state index contributed by atoms with van der Waals surface area (Å²) in [4.78, 5) is 11.2. The lowest BCUT2D eigenvalue weighted by Gasteiger charge is -2.41. The molecule has 34 heavy (non-hydrogen) atoms. The second-order valence-electron chi connectivity index (χ2n) is 6.16. The molecule has 1 aromatic heterocycles. The summed E-state index contributed by atoms with van der Waals surface area (Å²) in [5, 5.41) is 12.6. The Bertz CT molecular complexity index is 878. The fraction of sp³-hybridized carbons (Fsp3) is 0.692. The number of hydrogen-bond donors (Lipinski definition) is 2. The van der Waals surface area contributed by atoms with Crippen molar-refractivity contribution in [3.63, 3.8) is 0 Å². The SMILES string of the molecule is O=C(NCC=CCc1nn[nH]n1)C(F)(F)C(F)(F)C(F)(F)C(F)(F)C(F)(F)C(F)(F)C(F)(F)F. The van der Waals surface area contributed by atoms with Crippen LogP contribution in [0.4, 0.5) is 65.9 Å². The van der Waals surface area contributed by atoms with E-state index >= 15 is 0 Å². The van der Waals surface area contributed by atoms with E-state index in [0.29, 0.717) is 6.08 Å². The Morgan fingerprint density at radius 1 is 0.735 bits per heavy atom. The van der Waals surface area contributed by atoms with Gasteiger partial charge in [-0.2, -0.15) is 71.1 Å². The van der Waals surface area contributed by atoms with Gasteiger partial charge in [-0.25, -0.2) is 0 Å². The lowest BCUT2D eigenvalue weighted by molar-refractivity contribution is -0.449. The minimum atomic E-state index is -8.45. The maximum Gasteiger partial charge on any atom is 0.460 e. The van der Waals surface area contributed by atoms with Gasteiger partial charge in [0.15, 0.2) is 5.82 Å². The first-order valence-electron chi connectivity index (χ1n) is 7.99. The molecule has 0 bridgehead atoms. The van der Waals surface area contributed by atoms with E-state index < -0.39 is 54.2 Å². The van der Waals surface area contributed by atoms with Crippen LogP contribution in [0.5, 0.6) is 0 Å². The summed E-state index contributed by atoms with van der Waals surface area (Å²) < 4.78 is 195. The van der Waals surface area contributed by atoms with Crippen LogP contribution in [-0.2, 0) is 11.2 Å². The Kier molecular flexibility index (Phi) is 7.56. The Hall–Kier alpha value is -2.77. The number of hydrogen-bond acceptors (Lipinski definition) is 4. The molecule has 21 heteroatoms. The molecule has 0 atom stereocenters. The van der Waals surface area contributed by atoms with Gasteiger partial charge < -0.3 is 5.32 Å². The number of nitrogens with one attached hydrogen (secondary N) is 2. The highest BCUT2D eigenvalue weighted by atomic mass is 19.4. The van der Waals surface area contributed by atoms with Crippen molar-refractivity contribution in [2.75, 3.05) is 6.54 Å². The number of aromatic nitrogens is 4. The molecule has 2 N–H and O–H groups in total. The van der Waals surface area contributed by atoms with Crippen LogP contribution in [0.2, 0.25) is 0 Å². The molecular formula is C13H8F15N5O. The highest BCUT2D eigenvalue weighted by Gasteiger charge is 2.94. The zero-order chi connectivity index (χ0) is 27.0. The molecule has 1 amide bonds. The van der Waals surface area contributed by atoms with Gasteiger partial charge >= 0.3 is 41.7 Å². The standard InChI is InChI=1S/C13H8F15N5O/c14-7(15,6(34)29-4-2-1-3-5-30-32-33-31-5)8(16,17)9(18,19)10(20,21)11(22,23)12(24,25)13(26,27)28/h1-2H,3-4H2,(H,29,34)(H,30,31,32,33). The minimum absolute atomic E-state index is 0.0297. The van der Waals surface area contributed by atoms with Crippen molar-refractivity contribution in [3.8, 4) is 0 Å².